The predicted octanol–water partition coefficient (Wildman–Crippen LogP) is 1.94. The Morgan fingerprint density at radius 2 is 1.78 bits per heavy atom. The maximum Gasteiger partial charge on any atom is 0.278 e. The highest BCUT2D eigenvalue weighted by molar-refractivity contribution is 5.77. The summed E-state index contributed by atoms with van der Waals surface area (Å²) in [6, 6.07) is 7.13. The van der Waals surface area contributed by atoms with Crippen molar-refractivity contribution >= 4 is 5.91 Å². The van der Waals surface area contributed by atoms with E-state index in [9.17, 15) is 4.79 Å². The average molecular weight is 373 g/mol. The molecule has 0 spiro atoms. The molecule has 2 heterocycles. The molecule has 0 radical (unpaired) electrons. The number of ether oxygens (including phenoxy) is 4. The van der Waals surface area contributed by atoms with E-state index < -0.39 is 0 Å². The summed E-state index contributed by atoms with van der Waals surface area (Å²) in [5.41, 5.74) is 0. The highest BCUT2D eigenvalue weighted by atomic mass is 16.5. The lowest BCUT2D eigenvalue weighted by Gasteiger charge is -2.32. The third-order valence-electron chi connectivity index (χ3n) is 4.26. The highest BCUT2D eigenvalue weighted by Crippen LogP contribution is 2.24. The number of piperidine rings is 1. The van der Waals surface area contributed by atoms with E-state index in [0.717, 1.165) is 18.6 Å². The van der Waals surface area contributed by atoms with Gasteiger partial charge in [-0.25, -0.2) is 9.97 Å². The van der Waals surface area contributed by atoms with Gasteiger partial charge in [0.2, 0.25) is 0 Å². The lowest BCUT2D eigenvalue weighted by atomic mass is 10.1. The van der Waals surface area contributed by atoms with Crippen LogP contribution >= 0.6 is 0 Å². The summed E-state index contributed by atoms with van der Waals surface area (Å²) in [6.07, 6.45) is 4.62. The molecule has 1 aliphatic rings. The maximum atomic E-state index is 12.5. The monoisotopic (exact) mass is 373 g/mol. The van der Waals surface area contributed by atoms with E-state index in [4.69, 9.17) is 18.9 Å². The summed E-state index contributed by atoms with van der Waals surface area (Å²) in [7, 11) is 3.12. The summed E-state index contributed by atoms with van der Waals surface area (Å²) >= 11 is 0. The van der Waals surface area contributed by atoms with E-state index in [0.29, 0.717) is 30.6 Å². The van der Waals surface area contributed by atoms with Crippen molar-refractivity contribution < 1.29 is 23.7 Å². The minimum absolute atomic E-state index is 0.0203. The Bertz CT molecular complexity index is 753. The SMILES string of the molecule is COc1ccc(OCC(=O)N2CCCC(Oc3nccnc3OC)C2)cc1. The Morgan fingerprint density at radius 3 is 2.48 bits per heavy atom. The van der Waals surface area contributed by atoms with Crippen LogP contribution in [0.4, 0.5) is 0 Å². The molecule has 1 aliphatic heterocycles. The van der Waals surface area contributed by atoms with Gasteiger partial charge in [0.1, 0.15) is 17.6 Å². The lowest BCUT2D eigenvalue weighted by Crippen LogP contribution is -2.46. The molecule has 0 aliphatic carbocycles. The van der Waals surface area contributed by atoms with Crippen LogP contribution in [0.1, 0.15) is 12.8 Å². The van der Waals surface area contributed by atoms with Gasteiger partial charge in [-0.1, -0.05) is 0 Å². The molecule has 1 fully saturated rings. The van der Waals surface area contributed by atoms with Crippen LogP contribution in [0.2, 0.25) is 0 Å². The molecule has 1 atom stereocenters. The second-order valence-corrected chi connectivity index (χ2v) is 6.06. The first-order valence-corrected chi connectivity index (χ1v) is 8.76. The van der Waals surface area contributed by atoms with Gasteiger partial charge in [0, 0.05) is 18.9 Å². The smallest absolute Gasteiger partial charge is 0.278 e. The number of hydrogen-bond acceptors (Lipinski definition) is 7. The largest absolute Gasteiger partial charge is 0.497 e. The summed E-state index contributed by atoms with van der Waals surface area (Å²) in [6.45, 7) is 1.14. The molecule has 0 bridgehead atoms. The average Bonchev–Trinajstić information content (AvgIpc) is 2.73. The first-order valence-electron chi connectivity index (χ1n) is 8.76. The maximum absolute atomic E-state index is 12.5. The van der Waals surface area contributed by atoms with Gasteiger partial charge < -0.3 is 23.8 Å². The van der Waals surface area contributed by atoms with Gasteiger partial charge in [-0.15, -0.1) is 0 Å². The van der Waals surface area contributed by atoms with Crippen molar-refractivity contribution in [2.24, 2.45) is 0 Å². The molecule has 27 heavy (non-hydrogen) atoms. The molecule has 1 amide bonds. The fourth-order valence-corrected chi connectivity index (χ4v) is 2.86. The van der Waals surface area contributed by atoms with E-state index >= 15 is 0 Å². The van der Waals surface area contributed by atoms with Gasteiger partial charge in [0.25, 0.3) is 17.7 Å². The summed E-state index contributed by atoms with van der Waals surface area (Å²) in [5.74, 6) is 1.96. The van der Waals surface area contributed by atoms with Gasteiger partial charge in [-0.2, -0.15) is 0 Å². The van der Waals surface area contributed by atoms with Crippen molar-refractivity contribution in [2.45, 2.75) is 18.9 Å². The first-order chi connectivity index (χ1) is 13.2. The van der Waals surface area contributed by atoms with Gasteiger partial charge in [-0.05, 0) is 37.1 Å². The molecule has 1 saturated heterocycles. The zero-order valence-corrected chi connectivity index (χ0v) is 15.5. The van der Waals surface area contributed by atoms with Gasteiger partial charge in [-0.3, -0.25) is 4.79 Å². The number of methoxy groups -OCH3 is 2. The summed E-state index contributed by atoms with van der Waals surface area (Å²) < 4.78 is 21.7. The predicted molar refractivity (Wildman–Crippen MR) is 97.3 cm³/mol. The second kappa shape index (κ2) is 9.07. The van der Waals surface area contributed by atoms with Crippen LogP contribution in [0.15, 0.2) is 36.7 Å². The Kier molecular flexibility index (Phi) is 6.30. The van der Waals surface area contributed by atoms with Crippen molar-refractivity contribution in [3.8, 4) is 23.3 Å². The number of benzene rings is 1. The zero-order valence-electron chi connectivity index (χ0n) is 15.5. The number of rotatable bonds is 7. The molecule has 2 aromatic rings. The Labute approximate surface area is 158 Å². The number of hydrogen-bond donors (Lipinski definition) is 0. The van der Waals surface area contributed by atoms with Crippen LogP contribution in [0, 0.1) is 0 Å². The molecular formula is C19H23N3O5. The number of carbonyl (C=O) groups excluding carboxylic acids is 1. The minimum Gasteiger partial charge on any atom is -0.497 e. The highest BCUT2D eigenvalue weighted by Gasteiger charge is 2.26. The Hall–Kier alpha value is -3.03. The minimum atomic E-state index is -0.158. The molecule has 8 nitrogen and oxygen atoms in total. The van der Waals surface area contributed by atoms with Gasteiger partial charge in [0.05, 0.1) is 20.8 Å². The molecule has 8 heteroatoms. The van der Waals surface area contributed by atoms with Crippen LogP contribution < -0.4 is 18.9 Å². The Balaban J connectivity index is 1.52. The number of amides is 1. The second-order valence-electron chi connectivity index (χ2n) is 6.06. The first kappa shape index (κ1) is 18.8. The van der Waals surface area contributed by atoms with E-state index in [2.05, 4.69) is 9.97 Å². The number of nitrogens with zero attached hydrogens (tertiary/aromatic N) is 3. The number of carbonyl (C=O) groups is 1. The van der Waals surface area contributed by atoms with Crippen LogP contribution in [0.5, 0.6) is 23.3 Å². The van der Waals surface area contributed by atoms with Crippen LogP contribution in [-0.4, -0.2) is 60.8 Å². The standard InChI is InChI=1S/C19H23N3O5/c1-24-14-5-7-15(8-6-14)26-13-17(23)22-11-3-4-16(12-22)27-19-18(25-2)20-9-10-21-19/h5-10,16H,3-4,11-13H2,1-2H3. The molecule has 3 rings (SSSR count). The number of likely N-dealkylation sites (tertiary alicyclic amines) is 1. The fourth-order valence-electron chi connectivity index (χ4n) is 2.86. The van der Waals surface area contributed by atoms with Crippen molar-refractivity contribution in [2.75, 3.05) is 33.9 Å². The van der Waals surface area contributed by atoms with E-state index in [1.54, 1.807) is 48.7 Å². The van der Waals surface area contributed by atoms with Crippen LogP contribution in [0.25, 0.3) is 0 Å². The lowest BCUT2D eigenvalue weighted by molar-refractivity contribution is -0.136. The zero-order chi connectivity index (χ0) is 19.1. The van der Waals surface area contributed by atoms with E-state index in [1.807, 2.05) is 0 Å². The van der Waals surface area contributed by atoms with Gasteiger partial charge in [0.15, 0.2) is 6.61 Å². The topological polar surface area (TPSA) is 83.0 Å². The molecule has 1 unspecified atom stereocenters. The summed E-state index contributed by atoms with van der Waals surface area (Å²) in [5, 5.41) is 0. The fraction of sp³-hybridized carbons (Fsp3) is 0.421. The quantitative estimate of drug-likeness (QED) is 0.733. The number of aromatic nitrogens is 2. The van der Waals surface area contributed by atoms with E-state index in [1.165, 1.54) is 7.11 Å². The Morgan fingerprint density at radius 1 is 1.07 bits per heavy atom. The molecule has 0 saturated carbocycles. The molecule has 0 N–H and O–H groups in total. The van der Waals surface area contributed by atoms with E-state index in [-0.39, 0.29) is 18.6 Å². The molecule has 144 valence electrons. The molecule has 1 aromatic heterocycles. The third-order valence-corrected chi connectivity index (χ3v) is 4.26. The van der Waals surface area contributed by atoms with Crippen molar-refractivity contribution in [1.29, 1.82) is 0 Å². The van der Waals surface area contributed by atoms with Gasteiger partial charge >= 0.3 is 0 Å². The van der Waals surface area contributed by atoms with Crippen molar-refractivity contribution in [1.82, 2.24) is 14.9 Å². The molecular weight excluding hydrogens is 350 g/mol. The van der Waals surface area contributed by atoms with Crippen LogP contribution in [0.3, 0.4) is 0 Å². The van der Waals surface area contributed by atoms with Crippen LogP contribution in [-0.2, 0) is 4.79 Å². The normalized spacial score (nSPS) is 16.5. The van der Waals surface area contributed by atoms with Crippen molar-refractivity contribution in [3.05, 3.63) is 36.7 Å². The summed E-state index contributed by atoms with van der Waals surface area (Å²) in [4.78, 5) is 22.5. The third kappa shape index (κ3) is 4.99. The molecule has 1 aromatic carbocycles. The van der Waals surface area contributed by atoms with Crippen molar-refractivity contribution in [3.63, 3.8) is 0 Å².